The summed E-state index contributed by atoms with van der Waals surface area (Å²) in [5, 5.41) is 0. The Morgan fingerprint density at radius 3 is 2.53 bits per heavy atom. The van der Waals surface area contributed by atoms with Crippen molar-refractivity contribution in [1.29, 1.82) is 0 Å². The molecule has 1 saturated carbocycles. The Balaban J connectivity index is 1.74. The fourth-order valence-corrected chi connectivity index (χ4v) is 3.61. The van der Waals surface area contributed by atoms with Crippen molar-refractivity contribution in [1.82, 2.24) is 0 Å². The fraction of sp³-hybridized carbons (Fsp3) is 1.00. The summed E-state index contributed by atoms with van der Waals surface area (Å²) in [6, 6.07) is 0. The highest BCUT2D eigenvalue weighted by molar-refractivity contribution is 9.09. The van der Waals surface area contributed by atoms with Crippen LogP contribution in [0.5, 0.6) is 0 Å². The van der Waals surface area contributed by atoms with Crippen molar-refractivity contribution in [2.75, 3.05) is 0 Å². The van der Waals surface area contributed by atoms with E-state index in [1.165, 1.54) is 57.8 Å². The number of halogens is 1. The van der Waals surface area contributed by atoms with Crippen molar-refractivity contribution in [2.45, 2.75) is 88.2 Å². The van der Waals surface area contributed by atoms with Gasteiger partial charge >= 0.3 is 0 Å². The van der Waals surface area contributed by atoms with Crippen molar-refractivity contribution in [3.8, 4) is 0 Å². The summed E-state index contributed by atoms with van der Waals surface area (Å²) in [4.78, 5) is 0.661. The van der Waals surface area contributed by atoms with Crippen molar-refractivity contribution in [2.24, 2.45) is 5.92 Å². The first-order valence-corrected chi connectivity index (χ1v) is 8.35. The smallest absolute Gasteiger partial charge is 0.0687 e. The summed E-state index contributed by atoms with van der Waals surface area (Å²) in [7, 11) is 0. The lowest BCUT2D eigenvalue weighted by atomic mass is 9.83. The van der Waals surface area contributed by atoms with Gasteiger partial charge in [-0.2, -0.15) is 0 Å². The van der Waals surface area contributed by atoms with E-state index in [1.54, 1.807) is 0 Å². The second-order valence-electron chi connectivity index (χ2n) is 6.36. The molecular weight excluding hydrogens is 276 g/mol. The third-order valence-electron chi connectivity index (χ3n) is 4.59. The van der Waals surface area contributed by atoms with Crippen LogP contribution in [0.1, 0.15) is 71.6 Å². The topological polar surface area (TPSA) is 9.23 Å². The molecule has 1 nitrogen and oxygen atoms in total. The van der Waals surface area contributed by atoms with Crippen molar-refractivity contribution in [3.05, 3.63) is 0 Å². The lowest BCUT2D eigenvalue weighted by Crippen LogP contribution is -2.31. The number of hydrogen-bond donors (Lipinski definition) is 0. The summed E-state index contributed by atoms with van der Waals surface area (Å²) < 4.78 is 6.40. The first-order chi connectivity index (χ1) is 8.11. The largest absolute Gasteiger partial charge is 0.372 e. The molecule has 0 N–H and O–H groups in total. The molecule has 2 heteroatoms. The van der Waals surface area contributed by atoms with E-state index >= 15 is 0 Å². The molecule has 1 aliphatic heterocycles. The highest BCUT2D eigenvalue weighted by atomic mass is 79.9. The number of alkyl halides is 1. The van der Waals surface area contributed by atoms with Gasteiger partial charge in [0.2, 0.25) is 0 Å². The van der Waals surface area contributed by atoms with E-state index in [1.807, 2.05) is 0 Å². The van der Waals surface area contributed by atoms with Crippen LogP contribution >= 0.6 is 15.9 Å². The van der Waals surface area contributed by atoms with Gasteiger partial charge in [-0.25, -0.2) is 0 Å². The number of ether oxygens (including phenoxy) is 1. The lowest BCUT2D eigenvalue weighted by Gasteiger charge is -2.33. The Morgan fingerprint density at radius 1 is 1.18 bits per heavy atom. The molecule has 0 aromatic heterocycles. The van der Waals surface area contributed by atoms with E-state index in [2.05, 4.69) is 29.8 Å². The monoisotopic (exact) mass is 302 g/mol. The van der Waals surface area contributed by atoms with Gasteiger partial charge in [-0.05, 0) is 44.4 Å². The Kier molecular flexibility index (Phi) is 4.94. The summed E-state index contributed by atoms with van der Waals surface area (Å²) in [5.74, 6) is 0.736. The Morgan fingerprint density at radius 2 is 1.88 bits per heavy atom. The average molecular weight is 303 g/mol. The first-order valence-electron chi connectivity index (χ1n) is 7.43. The normalized spacial score (nSPS) is 30.0. The SMILES string of the molecule is CC(C)C(Br)CCC1CCC2(CCCCC2)O1. The van der Waals surface area contributed by atoms with Crippen molar-refractivity contribution in [3.63, 3.8) is 0 Å². The van der Waals surface area contributed by atoms with Crippen LogP contribution in [-0.4, -0.2) is 16.5 Å². The third-order valence-corrected chi connectivity index (χ3v) is 6.11. The second-order valence-corrected chi connectivity index (χ2v) is 7.54. The Labute approximate surface area is 115 Å². The van der Waals surface area contributed by atoms with Crippen LogP contribution in [0.2, 0.25) is 0 Å². The standard InChI is InChI=1S/C15H27BrO/c1-12(2)14(16)7-6-13-8-11-15(17-13)9-4-3-5-10-15/h12-14H,3-11H2,1-2H3. The van der Waals surface area contributed by atoms with Gasteiger partial charge in [0.15, 0.2) is 0 Å². The van der Waals surface area contributed by atoms with Gasteiger partial charge in [0.25, 0.3) is 0 Å². The van der Waals surface area contributed by atoms with Crippen LogP contribution in [0, 0.1) is 5.92 Å². The highest BCUT2D eigenvalue weighted by Crippen LogP contribution is 2.43. The molecule has 1 aliphatic carbocycles. The molecule has 0 bridgehead atoms. The van der Waals surface area contributed by atoms with Crippen molar-refractivity contribution < 1.29 is 4.74 Å². The van der Waals surface area contributed by atoms with Crippen LogP contribution in [-0.2, 0) is 4.74 Å². The maximum atomic E-state index is 6.40. The zero-order valence-corrected chi connectivity index (χ0v) is 13.0. The molecule has 17 heavy (non-hydrogen) atoms. The maximum absolute atomic E-state index is 6.40. The van der Waals surface area contributed by atoms with Gasteiger partial charge in [0, 0.05) is 4.83 Å². The summed E-state index contributed by atoms with van der Waals surface area (Å²) in [5.41, 5.74) is 0.308. The Bertz CT molecular complexity index is 233. The van der Waals surface area contributed by atoms with E-state index in [9.17, 15) is 0 Å². The molecule has 1 heterocycles. The molecule has 0 aromatic carbocycles. The lowest BCUT2D eigenvalue weighted by molar-refractivity contribution is -0.0660. The molecule has 2 fully saturated rings. The van der Waals surface area contributed by atoms with Gasteiger partial charge < -0.3 is 4.74 Å². The molecule has 0 amide bonds. The van der Waals surface area contributed by atoms with Gasteiger partial charge in [0.1, 0.15) is 0 Å². The van der Waals surface area contributed by atoms with Gasteiger partial charge in [-0.15, -0.1) is 0 Å². The number of hydrogen-bond acceptors (Lipinski definition) is 1. The molecule has 0 radical (unpaired) electrons. The maximum Gasteiger partial charge on any atom is 0.0687 e. The molecule has 1 spiro atoms. The van der Waals surface area contributed by atoms with E-state index in [-0.39, 0.29) is 0 Å². The molecule has 2 unspecified atom stereocenters. The first kappa shape index (κ1) is 13.9. The third kappa shape index (κ3) is 3.70. The van der Waals surface area contributed by atoms with E-state index in [0.29, 0.717) is 16.5 Å². The molecular formula is C15H27BrO. The van der Waals surface area contributed by atoms with E-state index in [0.717, 1.165) is 5.92 Å². The molecule has 2 aliphatic rings. The minimum absolute atomic E-state index is 0.308. The number of rotatable bonds is 4. The predicted molar refractivity (Wildman–Crippen MR) is 76.7 cm³/mol. The van der Waals surface area contributed by atoms with Crippen molar-refractivity contribution >= 4 is 15.9 Å². The molecule has 100 valence electrons. The van der Waals surface area contributed by atoms with E-state index < -0.39 is 0 Å². The minimum atomic E-state index is 0.308. The summed E-state index contributed by atoms with van der Waals surface area (Å²) in [6.45, 7) is 4.58. The fourth-order valence-electron chi connectivity index (χ4n) is 3.34. The zero-order valence-electron chi connectivity index (χ0n) is 11.4. The predicted octanol–water partition coefficient (Wildman–Crippen LogP) is 5.07. The van der Waals surface area contributed by atoms with Gasteiger partial charge in [0.05, 0.1) is 11.7 Å². The van der Waals surface area contributed by atoms with Crippen LogP contribution < -0.4 is 0 Å². The van der Waals surface area contributed by atoms with Crippen LogP contribution in [0.15, 0.2) is 0 Å². The highest BCUT2D eigenvalue weighted by Gasteiger charge is 2.40. The molecule has 0 aromatic rings. The van der Waals surface area contributed by atoms with Crippen LogP contribution in [0.25, 0.3) is 0 Å². The zero-order chi connectivity index (χ0) is 12.3. The minimum Gasteiger partial charge on any atom is -0.372 e. The Hall–Kier alpha value is 0.440. The van der Waals surface area contributed by atoms with Gasteiger partial charge in [-0.3, -0.25) is 0 Å². The van der Waals surface area contributed by atoms with Gasteiger partial charge in [-0.1, -0.05) is 49.0 Å². The summed E-state index contributed by atoms with van der Waals surface area (Å²) in [6.07, 6.45) is 12.5. The molecule has 1 saturated heterocycles. The second kappa shape index (κ2) is 6.06. The van der Waals surface area contributed by atoms with Crippen LogP contribution in [0.4, 0.5) is 0 Å². The van der Waals surface area contributed by atoms with E-state index in [4.69, 9.17) is 4.74 Å². The molecule has 2 rings (SSSR count). The average Bonchev–Trinajstić information content (AvgIpc) is 2.70. The van der Waals surface area contributed by atoms with Crippen LogP contribution in [0.3, 0.4) is 0 Å². The molecule has 2 atom stereocenters. The summed E-state index contributed by atoms with van der Waals surface area (Å²) >= 11 is 3.78. The quantitative estimate of drug-likeness (QED) is 0.659.